The van der Waals surface area contributed by atoms with Gasteiger partial charge in [0.2, 0.25) is 0 Å². The molecule has 0 atom stereocenters. The summed E-state index contributed by atoms with van der Waals surface area (Å²) in [4.78, 5) is 22.2. The second kappa shape index (κ2) is 12.1. The zero-order valence-electron chi connectivity index (χ0n) is 21.2. The van der Waals surface area contributed by atoms with Crippen LogP contribution in [-0.4, -0.2) is 19.2 Å². The van der Waals surface area contributed by atoms with E-state index in [0.717, 1.165) is 40.8 Å². The Kier molecular flexibility index (Phi) is 8.48. The van der Waals surface area contributed by atoms with Gasteiger partial charge in [-0.3, -0.25) is 14.9 Å². The fourth-order valence-corrected chi connectivity index (χ4v) is 5.19. The predicted molar refractivity (Wildman–Crippen MR) is 153 cm³/mol. The first-order valence-corrected chi connectivity index (χ1v) is 13.7. The minimum absolute atomic E-state index is 0.367. The fraction of sp³-hybridized carbons (Fsp3) is 0.0645. The Bertz CT molecular complexity index is 1640. The van der Waals surface area contributed by atoms with Crippen LogP contribution < -0.4 is 4.72 Å². The van der Waals surface area contributed by atoms with Gasteiger partial charge in [0.1, 0.15) is 0 Å². The van der Waals surface area contributed by atoms with Crippen molar-refractivity contribution in [1.82, 2.24) is 4.72 Å². The Morgan fingerprint density at radius 3 is 2.00 bits per heavy atom. The summed E-state index contributed by atoms with van der Waals surface area (Å²) >= 11 is 0. The van der Waals surface area contributed by atoms with E-state index in [4.69, 9.17) is 0 Å². The molecule has 39 heavy (non-hydrogen) atoms. The van der Waals surface area contributed by atoms with E-state index >= 15 is 0 Å². The first-order valence-electron chi connectivity index (χ1n) is 12.2. The largest absolute Gasteiger partial charge is 0.270 e. The summed E-state index contributed by atoms with van der Waals surface area (Å²) < 4.78 is 26.9. The SMILES string of the molecule is CC/C(=C(\c1ccccc1)c1ccc(/C=C/C(=O)NS(=O)(=O)c2cccc([N+](=O)[O-])c2)cc1)c1ccccc1. The van der Waals surface area contributed by atoms with Crippen molar-refractivity contribution in [3.8, 4) is 0 Å². The zero-order chi connectivity index (χ0) is 27.8. The van der Waals surface area contributed by atoms with Crippen LogP contribution in [0.2, 0.25) is 0 Å². The van der Waals surface area contributed by atoms with E-state index < -0.39 is 20.9 Å². The Hall–Kier alpha value is -4.82. The molecule has 4 aromatic carbocycles. The molecule has 0 aliphatic carbocycles. The fourth-order valence-electron chi connectivity index (χ4n) is 4.21. The van der Waals surface area contributed by atoms with Gasteiger partial charge in [-0.15, -0.1) is 0 Å². The molecule has 4 aromatic rings. The van der Waals surface area contributed by atoms with Gasteiger partial charge in [-0.25, -0.2) is 13.1 Å². The maximum atomic E-state index is 12.5. The van der Waals surface area contributed by atoms with Gasteiger partial charge in [0.05, 0.1) is 9.82 Å². The Morgan fingerprint density at radius 1 is 0.821 bits per heavy atom. The van der Waals surface area contributed by atoms with Crippen LogP contribution >= 0.6 is 0 Å². The summed E-state index contributed by atoms with van der Waals surface area (Å²) in [7, 11) is -4.27. The number of nitro groups is 1. The number of hydrogen-bond donors (Lipinski definition) is 1. The number of carbonyl (C=O) groups is 1. The number of sulfonamides is 1. The molecule has 0 radical (unpaired) electrons. The molecule has 196 valence electrons. The maximum absolute atomic E-state index is 12.5. The average Bonchev–Trinajstić information content (AvgIpc) is 2.96. The number of rotatable bonds is 9. The van der Waals surface area contributed by atoms with Crippen molar-refractivity contribution in [1.29, 1.82) is 0 Å². The van der Waals surface area contributed by atoms with E-state index in [1.165, 1.54) is 29.8 Å². The average molecular weight is 539 g/mol. The lowest BCUT2D eigenvalue weighted by Crippen LogP contribution is -2.29. The smallest absolute Gasteiger partial charge is 0.269 e. The van der Waals surface area contributed by atoms with E-state index in [1.54, 1.807) is 0 Å². The van der Waals surface area contributed by atoms with Crippen molar-refractivity contribution in [2.45, 2.75) is 18.2 Å². The number of non-ortho nitro benzene ring substituents is 1. The molecule has 0 fully saturated rings. The minimum Gasteiger partial charge on any atom is -0.269 e. The Morgan fingerprint density at radius 2 is 1.41 bits per heavy atom. The molecule has 0 bridgehead atoms. The molecular weight excluding hydrogens is 512 g/mol. The van der Waals surface area contributed by atoms with Crippen molar-refractivity contribution in [3.63, 3.8) is 0 Å². The van der Waals surface area contributed by atoms with Gasteiger partial charge in [0, 0.05) is 18.2 Å². The normalized spacial score (nSPS) is 12.1. The number of allylic oxidation sites excluding steroid dienone is 1. The standard InChI is InChI=1S/C31H26N2O5S/c1-2-29(24-10-5-3-6-11-24)31(25-12-7-4-8-13-25)26-19-16-23(17-20-26)18-21-30(34)32-39(37,38)28-15-9-14-27(22-28)33(35)36/h3-22H,2H2,1H3,(H,32,34)/b21-18+,31-29-. The molecule has 1 amide bonds. The number of hydrogen-bond acceptors (Lipinski definition) is 5. The number of benzene rings is 4. The second-order valence-corrected chi connectivity index (χ2v) is 10.3. The van der Waals surface area contributed by atoms with Crippen LogP contribution in [0.4, 0.5) is 5.69 Å². The topological polar surface area (TPSA) is 106 Å². The van der Waals surface area contributed by atoms with Gasteiger partial charge < -0.3 is 0 Å². The first-order chi connectivity index (χ1) is 18.8. The van der Waals surface area contributed by atoms with Crippen LogP contribution in [-0.2, 0) is 14.8 Å². The maximum Gasteiger partial charge on any atom is 0.270 e. The summed E-state index contributed by atoms with van der Waals surface area (Å²) in [6, 6.07) is 32.5. The predicted octanol–water partition coefficient (Wildman–Crippen LogP) is 6.48. The number of carbonyl (C=O) groups excluding carboxylic acids is 1. The van der Waals surface area contributed by atoms with Gasteiger partial charge in [-0.2, -0.15) is 0 Å². The van der Waals surface area contributed by atoms with E-state index in [-0.39, 0.29) is 10.6 Å². The molecule has 0 heterocycles. The zero-order valence-corrected chi connectivity index (χ0v) is 22.0. The minimum atomic E-state index is -4.27. The highest BCUT2D eigenvalue weighted by Gasteiger charge is 2.19. The molecule has 0 unspecified atom stereocenters. The van der Waals surface area contributed by atoms with Crippen molar-refractivity contribution in [3.05, 3.63) is 148 Å². The van der Waals surface area contributed by atoms with Gasteiger partial charge in [-0.05, 0) is 52.0 Å². The lowest BCUT2D eigenvalue weighted by Gasteiger charge is -2.16. The van der Waals surface area contributed by atoms with Crippen LogP contribution in [0.3, 0.4) is 0 Å². The third-order valence-corrected chi connectivity index (χ3v) is 7.38. The number of nitrogens with zero attached hydrogens (tertiary/aromatic N) is 1. The molecule has 0 saturated heterocycles. The van der Waals surface area contributed by atoms with E-state index in [0.29, 0.717) is 5.56 Å². The number of nitro benzene ring substituents is 1. The second-order valence-electron chi connectivity index (χ2n) is 8.62. The van der Waals surface area contributed by atoms with Crippen LogP contribution in [0.25, 0.3) is 17.2 Å². The van der Waals surface area contributed by atoms with Crippen molar-refractivity contribution < 1.29 is 18.1 Å². The summed E-state index contributed by atoms with van der Waals surface area (Å²) in [5.74, 6) is -0.868. The lowest BCUT2D eigenvalue weighted by molar-refractivity contribution is -0.385. The molecule has 0 saturated carbocycles. The van der Waals surface area contributed by atoms with Crippen LogP contribution in [0, 0.1) is 10.1 Å². The summed E-state index contributed by atoms with van der Waals surface area (Å²) in [6.45, 7) is 2.13. The number of nitrogens with one attached hydrogen (secondary N) is 1. The highest BCUT2D eigenvalue weighted by atomic mass is 32.2. The number of amides is 1. The van der Waals surface area contributed by atoms with Crippen LogP contribution in [0.5, 0.6) is 0 Å². The van der Waals surface area contributed by atoms with Gasteiger partial charge in [0.15, 0.2) is 0 Å². The highest BCUT2D eigenvalue weighted by molar-refractivity contribution is 7.90. The quantitative estimate of drug-likeness (QED) is 0.114. The monoisotopic (exact) mass is 538 g/mol. The van der Waals surface area contributed by atoms with Gasteiger partial charge >= 0.3 is 0 Å². The Balaban J connectivity index is 1.58. The van der Waals surface area contributed by atoms with Crippen LogP contribution in [0.1, 0.15) is 35.6 Å². The van der Waals surface area contributed by atoms with Crippen molar-refractivity contribution in [2.24, 2.45) is 0 Å². The first kappa shape index (κ1) is 27.2. The molecule has 4 rings (SSSR count). The molecule has 1 N–H and O–H groups in total. The van der Waals surface area contributed by atoms with E-state index in [2.05, 4.69) is 31.2 Å². The summed E-state index contributed by atoms with van der Waals surface area (Å²) in [5.41, 5.74) is 5.88. The van der Waals surface area contributed by atoms with Crippen molar-refractivity contribution in [2.75, 3.05) is 0 Å². The molecular formula is C31H26N2O5S. The molecule has 0 aliphatic rings. The third kappa shape index (κ3) is 6.74. The van der Waals surface area contributed by atoms with Gasteiger partial charge in [-0.1, -0.05) is 97.9 Å². The summed E-state index contributed by atoms with van der Waals surface area (Å²) in [5, 5.41) is 10.9. The molecule has 8 heteroatoms. The van der Waals surface area contributed by atoms with Crippen molar-refractivity contribution >= 4 is 38.8 Å². The third-order valence-electron chi connectivity index (χ3n) is 6.04. The molecule has 0 spiro atoms. The molecule has 0 aromatic heterocycles. The van der Waals surface area contributed by atoms with E-state index in [9.17, 15) is 23.3 Å². The molecule has 0 aliphatic heterocycles. The van der Waals surface area contributed by atoms with E-state index in [1.807, 2.05) is 65.4 Å². The van der Waals surface area contributed by atoms with Crippen LogP contribution in [0.15, 0.2) is 120 Å². The highest BCUT2D eigenvalue weighted by Crippen LogP contribution is 2.34. The lowest BCUT2D eigenvalue weighted by atomic mass is 9.88. The summed E-state index contributed by atoms with van der Waals surface area (Å²) in [6.07, 6.45) is 3.44. The Labute approximate surface area is 227 Å². The van der Waals surface area contributed by atoms with Gasteiger partial charge in [0.25, 0.3) is 21.6 Å². The molecule has 7 nitrogen and oxygen atoms in total.